The maximum atomic E-state index is 11.0. The van der Waals surface area contributed by atoms with Gasteiger partial charge < -0.3 is 4.42 Å². The summed E-state index contributed by atoms with van der Waals surface area (Å²) in [6, 6.07) is 11.5. The zero-order valence-corrected chi connectivity index (χ0v) is 10.1. The molecule has 0 saturated carbocycles. The molecule has 0 amide bonds. The lowest BCUT2D eigenvalue weighted by Gasteiger charge is -1.96. The van der Waals surface area contributed by atoms with Gasteiger partial charge in [-0.05, 0) is 18.2 Å². The fourth-order valence-electron chi connectivity index (χ4n) is 1.74. The molecule has 98 valence electrons. The van der Waals surface area contributed by atoms with E-state index in [1.54, 1.807) is 42.6 Å². The van der Waals surface area contributed by atoms with Crippen LogP contribution in [0, 0.1) is 10.1 Å². The second-order valence-electron chi connectivity index (χ2n) is 3.90. The Bertz CT molecular complexity index is 755. The predicted molar refractivity (Wildman–Crippen MR) is 69.6 cm³/mol. The van der Waals surface area contributed by atoms with Crippen LogP contribution in [0.1, 0.15) is 0 Å². The standard InChI is InChI=1S/C13H8N4O3/c18-17(19)11-7-2-1-5-9(11)12-15-16-13(20-12)10-6-3-4-8-14-10/h1-8H. The largest absolute Gasteiger partial charge is 0.414 e. The predicted octanol–water partition coefficient (Wildman–Crippen LogP) is 2.71. The molecule has 20 heavy (non-hydrogen) atoms. The van der Waals surface area contributed by atoms with Gasteiger partial charge in [0.25, 0.3) is 17.5 Å². The first-order valence-corrected chi connectivity index (χ1v) is 5.74. The van der Waals surface area contributed by atoms with Crippen molar-refractivity contribution in [3.8, 4) is 23.0 Å². The molecule has 0 aliphatic carbocycles. The van der Waals surface area contributed by atoms with Crippen molar-refractivity contribution in [1.29, 1.82) is 0 Å². The highest BCUT2D eigenvalue weighted by Gasteiger charge is 2.20. The van der Waals surface area contributed by atoms with Gasteiger partial charge in [-0.2, -0.15) is 0 Å². The van der Waals surface area contributed by atoms with Crippen LogP contribution in [-0.2, 0) is 0 Å². The fraction of sp³-hybridized carbons (Fsp3) is 0. The minimum absolute atomic E-state index is 0.0799. The highest BCUT2D eigenvalue weighted by Crippen LogP contribution is 2.29. The zero-order valence-electron chi connectivity index (χ0n) is 10.1. The van der Waals surface area contributed by atoms with Crippen LogP contribution in [-0.4, -0.2) is 20.1 Å². The van der Waals surface area contributed by atoms with Crippen molar-refractivity contribution in [3.05, 3.63) is 58.8 Å². The minimum atomic E-state index is -0.486. The highest BCUT2D eigenvalue weighted by atomic mass is 16.6. The molecule has 0 aliphatic rings. The van der Waals surface area contributed by atoms with Crippen LogP contribution in [0.5, 0.6) is 0 Å². The summed E-state index contributed by atoms with van der Waals surface area (Å²) in [5, 5.41) is 18.7. The van der Waals surface area contributed by atoms with Gasteiger partial charge in [-0.15, -0.1) is 10.2 Å². The van der Waals surface area contributed by atoms with E-state index in [1.807, 2.05) is 0 Å². The van der Waals surface area contributed by atoms with Crippen LogP contribution < -0.4 is 0 Å². The van der Waals surface area contributed by atoms with Gasteiger partial charge in [0.2, 0.25) is 0 Å². The maximum Gasteiger partial charge on any atom is 0.282 e. The van der Waals surface area contributed by atoms with Crippen molar-refractivity contribution in [2.75, 3.05) is 0 Å². The smallest absolute Gasteiger partial charge is 0.282 e. The number of nitro groups is 1. The fourth-order valence-corrected chi connectivity index (χ4v) is 1.74. The monoisotopic (exact) mass is 268 g/mol. The van der Waals surface area contributed by atoms with Gasteiger partial charge in [0, 0.05) is 12.3 Å². The highest BCUT2D eigenvalue weighted by molar-refractivity contribution is 5.67. The van der Waals surface area contributed by atoms with Crippen molar-refractivity contribution in [2.45, 2.75) is 0 Å². The molecule has 0 bridgehead atoms. The molecule has 0 aliphatic heterocycles. The van der Waals surface area contributed by atoms with E-state index in [0.29, 0.717) is 5.69 Å². The summed E-state index contributed by atoms with van der Waals surface area (Å²) in [6.07, 6.45) is 1.60. The van der Waals surface area contributed by atoms with E-state index >= 15 is 0 Å². The number of hydrogen-bond acceptors (Lipinski definition) is 6. The summed E-state index contributed by atoms with van der Waals surface area (Å²) >= 11 is 0. The lowest BCUT2D eigenvalue weighted by molar-refractivity contribution is -0.384. The Kier molecular flexibility index (Phi) is 2.92. The number of hydrogen-bond donors (Lipinski definition) is 0. The number of nitrogens with zero attached hydrogens (tertiary/aromatic N) is 4. The van der Waals surface area contributed by atoms with Crippen LogP contribution >= 0.6 is 0 Å². The summed E-state index contributed by atoms with van der Waals surface area (Å²) in [4.78, 5) is 14.6. The summed E-state index contributed by atoms with van der Waals surface area (Å²) < 4.78 is 5.46. The number of nitro benzene ring substituents is 1. The summed E-state index contributed by atoms with van der Waals surface area (Å²) in [5.41, 5.74) is 0.723. The van der Waals surface area contributed by atoms with E-state index < -0.39 is 4.92 Å². The van der Waals surface area contributed by atoms with E-state index in [4.69, 9.17) is 4.42 Å². The lowest BCUT2D eigenvalue weighted by Crippen LogP contribution is -1.91. The Morgan fingerprint density at radius 2 is 1.75 bits per heavy atom. The first-order valence-electron chi connectivity index (χ1n) is 5.74. The van der Waals surface area contributed by atoms with Gasteiger partial charge >= 0.3 is 0 Å². The molecular formula is C13H8N4O3. The average molecular weight is 268 g/mol. The van der Waals surface area contributed by atoms with Crippen LogP contribution in [0.25, 0.3) is 23.0 Å². The van der Waals surface area contributed by atoms with Gasteiger partial charge in [-0.1, -0.05) is 18.2 Å². The summed E-state index contributed by atoms with van der Waals surface area (Å²) in [5.74, 6) is 0.316. The normalized spacial score (nSPS) is 10.4. The van der Waals surface area contributed by atoms with Crippen molar-refractivity contribution in [3.63, 3.8) is 0 Å². The van der Waals surface area contributed by atoms with E-state index in [-0.39, 0.29) is 23.0 Å². The van der Waals surface area contributed by atoms with Gasteiger partial charge in [0.15, 0.2) is 0 Å². The Morgan fingerprint density at radius 3 is 2.50 bits per heavy atom. The molecule has 1 aromatic carbocycles. The molecule has 7 nitrogen and oxygen atoms in total. The minimum Gasteiger partial charge on any atom is -0.414 e. The van der Waals surface area contributed by atoms with Crippen molar-refractivity contribution < 1.29 is 9.34 Å². The van der Waals surface area contributed by atoms with Gasteiger partial charge in [0.1, 0.15) is 11.3 Å². The molecule has 3 aromatic rings. The summed E-state index contributed by atoms with van der Waals surface area (Å²) in [6.45, 7) is 0. The molecule has 0 saturated heterocycles. The number of aromatic nitrogens is 3. The quantitative estimate of drug-likeness (QED) is 0.535. The lowest BCUT2D eigenvalue weighted by atomic mass is 10.2. The first-order chi connectivity index (χ1) is 9.75. The van der Waals surface area contributed by atoms with Crippen molar-refractivity contribution in [2.24, 2.45) is 0 Å². The SMILES string of the molecule is O=[N+]([O-])c1ccccc1-c1nnc(-c2ccccn2)o1. The Morgan fingerprint density at radius 1 is 1.00 bits per heavy atom. The van der Waals surface area contributed by atoms with Gasteiger partial charge in [0.05, 0.1) is 4.92 Å². The third-order valence-corrected chi connectivity index (χ3v) is 2.64. The van der Waals surface area contributed by atoms with Crippen LogP contribution in [0.2, 0.25) is 0 Å². The molecule has 0 N–H and O–H groups in total. The number of para-hydroxylation sites is 1. The van der Waals surface area contributed by atoms with E-state index in [2.05, 4.69) is 15.2 Å². The number of pyridine rings is 1. The van der Waals surface area contributed by atoms with Crippen molar-refractivity contribution >= 4 is 5.69 Å². The molecule has 0 radical (unpaired) electrons. The molecule has 0 fully saturated rings. The zero-order chi connectivity index (χ0) is 13.9. The molecule has 2 heterocycles. The van der Waals surface area contributed by atoms with E-state index in [0.717, 1.165) is 0 Å². The van der Waals surface area contributed by atoms with E-state index in [1.165, 1.54) is 6.07 Å². The molecule has 2 aromatic heterocycles. The van der Waals surface area contributed by atoms with E-state index in [9.17, 15) is 10.1 Å². The Labute approximate surface area is 113 Å². The number of rotatable bonds is 3. The maximum absolute atomic E-state index is 11.0. The summed E-state index contributed by atoms with van der Waals surface area (Å²) in [7, 11) is 0. The topological polar surface area (TPSA) is 95.0 Å². The second-order valence-corrected chi connectivity index (χ2v) is 3.90. The van der Waals surface area contributed by atoms with Crippen LogP contribution in [0.3, 0.4) is 0 Å². The van der Waals surface area contributed by atoms with Gasteiger partial charge in [-0.25, -0.2) is 0 Å². The molecule has 0 unspecified atom stereocenters. The van der Waals surface area contributed by atoms with Crippen molar-refractivity contribution in [1.82, 2.24) is 15.2 Å². The molecular weight excluding hydrogens is 260 g/mol. The van der Waals surface area contributed by atoms with Crippen LogP contribution in [0.4, 0.5) is 5.69 Å². The Hall–Kier alpha value is -3.09. The first kappa shape index (κ1) is 12.0. The molecule has 0 atom stereocenters. The Balaban J connectivity index is 2.05. The molecule has 0 spiro atoms. The second kappa shape index (κ2) is 4.88. The average Bonchev–Trinajstić information content (AvgIpc) is 2.98. The molecule has 3 rings (SSSR count). The third-order valence-electron chi connectivity index (χ3n) is 2.64. The molecule has 7 heteroatoms. The van der Waals surface area contributed by atoms with Gasteiger partial charge in [-0.3, -0.25) is 15.1 Å². The van der Waals surface area contributed by atoms with Crippen LogP contribution in [0.15, 0.2) is 53.1 Å². The number of benzene rings is 1. The third kappa shape index (κ3) is 2.12.